The van der Waals surface area contributed by atoms with Crippen molar-refractivity contribution in [3.05, 3.63) is 208 Å². The van der Waals surface area contributed by atoms with E-state index >= 15 is 0 Å². The third kappa shape index (κ3) is 6.12. The van der Waals surface area contributed by atoms with Crippen LogP contribution in [0.25, 0.3) is 88.4 Å². The number of fused-ring (bicyclic) bond motifs is 13. The Morgan fingerprint density at radius 1 is 0.434 bits per heavy atom. The van der Waals surface area contributed by atoms with Crippen molar-refractivity contribution in [1.82, 2.24) is 9.13 Å². The molecule has 1 spiro atoms. The molecule has 0 fully saturated rings. The summed E-state index contributed by atoms with van der Waals surface area (Å²) in [6.07, 6.45) is 1.97. The minimum Gasteiger partial charge on any atom is -0.310 e. The number of nitrogens with zero attached hydrogens (tertiary/aromatic N) is 2. The molecule has 0 saturated heterocycles. The maximum absolute atomic E-state index is 2.80. The average molecular weight is 983 g/mol. The first-order valence-electron chi connectivity index (χ1n) is 28.0. The van der Waals surface area contributed by atoms with Gasteiger partial charge in [-0.3, -0.25) is 0 Å². The van der Waals surface area contributed by atoms with Crippen molar-refractivity contribution in [2.45, 2.75) is 112 Å². The lowest BCUT2D eigenvalue weighted by molar-refractivity contribution is 0.411. The molecule has 4 aliphatic rings. The van der Waals surface area contributed by atoms with E-state index in [2.05, 4.69) is 256 Å². The van der Waals surface area contributed by atoms with Crippen LogP contribution in [-0.4, -0.2) is 15.8 Å². The lowest BCUT2D eigenvalue weighted by Crippen LogP contribution is -2.60. The molecule has 2 aromatic heterocycles. The van der Waals surface area contributed by atoms with Gasteiger partial charge >= 0.3 is 0 Å². The minimum atomic E-state index is -0.550. The minimum absolute atomic E-state index is 0.0193. The van der Waals surface area contributed by atoms with Crippen LogP contribution < -0.4 is 16.4 Å². The first kappa shape index (κ1) is 46.0. The molecule has 0 amide bonds. The molecular formula is C73H67BN2. The van der Waals surface area contributed by atoms with E-state index < -0.39 is 5.41 Å². The van der Waals surface area contributed by atoms with Gasteiger partial charge in [0.25, 0.3) is 6.71 Å². The highest BCUT2D eigenvalue weighted by Crippen LogP contribution is 2.62. The van der Waals surface area contributed by atoms with Crippen LogP contribution >= 0.6 is 0 Å². The molecule has 11 aromatic rings. The second-order valence-corrected chi connectivity index (χ2v) is 27.7. The number of rotatable bonds is 4. The summed E-state index contributed by atoms with van der Waals surface area (Å²) in [5.74, 6) is 0. The summed E-state index contributed by atoms with van der Waals surface area (Å²) in [5, 5.41) is 6.70. The summed E-state index contributed by atoms with van der Waals surface area (Å²) in [7, 11) is 0. The van der Waals surface area contributed by atoms with Gasteiger partial charge in [-0.05, 0) is 147 Å². The van der Waals surface area contributed by atoms with Gasteiger partial charge in [-0.1, -0.05) is 229 Å². The largest absolute Gasteiger partial charge is 0.310 e. The van der Waals surface area contributed by atoms with Gasteiger partial charge in [0.2, 0.25) is 0 Å². The molecule has 0 atom stereocenters. The average Bonchev–Trinajstić information content (AvgIpc) is 4.21. The summed E-state index contributed by atoms with van der Waals surface area (Å²) < 4.78 is 5.54. The fourth-order valence-electron chi connectivity index (χ4n) is 15.1. The Morgan fingerprint density at radius 3 is 1.58 bits per heavy atom. The third-order valence-electron chi connectivity index (χ3n) is 18.0. The predicted octanol–water partition coefficient (Wildman–Crippen LogP) is 16.8. The van der Waals surface area contributed by atoms with Crippen molar-refractivity contribution >= 4 is 66.6 Å². The Balaban J connectivity index is 1.18. The molecule has 0 saturated carbocycles. The molecule has 9 aromatic carbocycles. The van der Waals surface area contributed by atoms with Crippen LogP contribution in [0.1, 0.15) is 128 Å². The highest BCUT2D eigenvalue weighted by molar-refractivity contribution is 7.00. The summed E-state index contributed by atoms with van der Waals surface area (Å²) in [5.41, 5.74) is 29.5. The molecule has 2 nitrogen and oxygen atoms in total. The van der Waals surface area contributed by atoms with E-state index in [0.29, 0.717) is 0 Å². The molecule has 372 valence electrons. The van der Waals surface area contributed by atoms with Gasteiger partial charge in [0.1, 0.15) is 0 Å². The summed E-state index contributed by atoms with van der Waals surface area (Å²) in [4.78, 5) is 0. The zero-order chi connectivity index (χ0) is 52.3. The van der Waals surface area contributed by atoms with Crippen LogP contribution in [0.3, 0.4) is 0 Å². The van der Waals surface area contributed by atoms with Crippen LogP contribution in [0.2, 0.25) is 0 Å². The molecule has 5 heterocycles. The maximum atomic E-state index is 2.80. The van der Waals surface area contributed by atoms with Crippen molar-refractivity contribution in [2.75, 3.05) is 0 Å². The molecule has 1 aliphatic carbocycles. The van der Waals surface area contributed by atoms with Crippen LogP contribution in [0.5, 0.6) is 0 Å². The van der Waals surface area contributed by atoms with E-state index in [1.165, 1.54) is 149 Å². The maximum Gasteiger partial charge on any atom is 0.252 e. The Labute approximate surface area is 449 Å². The monoisotopic (exact) mass is 983 g/mol. The van der Waals surface area contributed by atoms with Gasteiger partial charge in [-0.25, -0.2) is 0 Å². The molecule has 0 radical (unpaired) electrons. The molecule has 3 heteroatoms. The summed E-state index contributed by atoms with van der Waals surface area (Å²) in [6, 6.07) is 65.5. The van der Waals surface area contributed by atoms with Crippen LogP contribution in [0.15, 0.2) is 164 Å². The molecule has 15 rings (SSSR count). The third-order valence-corrected chi connectivity index (χ3v) is 18.0. The van der Waals surface area contributed by atoms with Gasteiger partial charge < -0.3 is 9.13 Å². The fourth-order valence-corrected chi connectivity index (χ4v) is 15.1. The van der Waals surface area contributed by atoms with Crippen molar-refractivity contribution in [2.24, 2.45) is 10.8 Å². The second kappa shape index (κ2) is 15.0. The van der Waals surface area contributed by atoms with E-state index in [1.54, 1.807) is 0 Å². The fraction of sp³-hybridized carbons (Fsp3) is 0.260. The van der Waals surface area contributed by atoms with Crippen molar-refractivity contribution in [3.63, 3.8) is 0 Å². The summed E-state index contributed by atoms with van der Waals surface area (Å²) in [6.45, 7) is 28.4. The first-order valence-corrected chi connectivity index (χ1v) is 28.0. The number of aromatic nitrogens is 2. The Morgan fingerprint density at radius 2 is 0.974 bits per heavy atom. The van der Waals surface area contributed by atoms with Gasteiger partial charge in [-0.15, -0.1) is 0 Å². The first-order chi connectivity index (χ1) is 36.2. The SMILES string of the molecule is CC(C)(C)Cc1cc2c3c(c1)c1cc(CC(C)(C)C)cc4c1n3-c1c(ccc3c1B2c1cc2ccccc2c2c(-c5ccc(C(C)(C)C)cc5)c(-c5ccc(C(C)(C)C)cc5)n-3c12)C41c2ccccc2-c2ccccc21. The summed E-state index contributed by atoms with van der Waals surface area (Å²) >= 11 is 0. The standard InChI is InChI=1S/C73H67BN2/c1-69(2,3)40-42-35-52-53-36-43(41-70(4,5)6)38-58-66(53)76-65(52)57(37-42)73(54-23-17-15-21-50(54)51-22-16-18-24-55(51)73)56-33-34-60-63(67(56)76)74(58)59-39-46-19-13-14-20-49(46)62-61(44-25-29-47(30-26-44)71(7,8)9)64(75(60)68(59)62)45-27-31-48(32-28-45)72(10,11)12/h13-39H,40-41H2,1-12H3. The Bertz CT molecular complexity index is 4310. The zero-order valence-electron chi connectivity index (χ0n) is 46.5. The normalized spacial score (nSPS) is 14.8. The second-order valence-electron chi connectivity index (χ2n) is 27.7. The molecule has 0 N–H and O–H groups in total. The highest BCUT2D eigenvalue weighted by Gasteiger charge is 2.54. The van der Waals surface area contributed by atoms with E-state index in [9.17, 15) is 0 Å². The lowest BCUT2D eigenvalue weighted by atomic mass is 9.33. The molecule has 76 heavy (non-hydrogen) atoms. The number of hydrogen-bond donors (Lipinski definition) is 0. The van der Waals surface area contributed by atoms with E-state index in [0.717, 1.165) is 12.8 Å². The quantitative estimate of drug-likeness (QED) is 0.156. The zero-order valence-corrected chi connectivity index (χ0v) is 46.5. The highest BCUT2D eigenvalue weighted by atomic mass is 15.1. The van der Waals surface area contributed by atoms with Gasteiger partial charge in [0.15, 0.2) is 0 Å². The molecule has 3 aliphatic heterocycles. The van der Waals surface area contributed by atoms with E-state index in [-0.39, 0.29) is 28.4 Å². The smallest absolute Gasteiger partial charge is 0.252 e. The van der Waals surface area contributed by atoms with Gasteiger partial charge in [0.05, 0.1) is 22.1 Å². The number of benzene rings is 9. The van der Waals surface area contributed by atoms with Crippen molar-refractivity contribution < 1.29 is 0 Å². The molecule has 0 unspecified atom stereocenters. The van der Waals surface area contributed by atoms with Crippen LogP contribution in [0.4, 0.5) is 0 Å². The predicted molar refractivity (Wildman–Crippen MR) is 325 cm³/mol. The number of hydrogen-bond acceptors (Lipinski definition) is 0. The Kier molecular flexibility index (Phi) is 9.06. The van der Waals surface area contributed by atoms with Crippen LogP contribution in [-0.2, 0) is 29.1 Å². The van der Waals surface area contributed by atoms with Gasteiger partial charge in [0, 0.05) is 38.6 Å². The van der Waals surface area contributed by atoms with Crippen molar-refractivity contribution in [1.29, 1.82) is 0 Å². The topological polar surface area (TPSA) is 9.86 Å². The molecule has 0 bridgehead atoms. The van der Waals surface area contributed by atoms with E-state index in [4.69, 9.17) is 0 Å². The van der Waals surface area contributed by atoms with Crippen LogP contribution in [0, 0.1) is 10.8 Å². The van der Waals surface area contributed by atoms with Crippen molar-refractivity contribution in [3.8, 4) is 44.9 Å². The molecular weight excluding hydrogens is 916 g/mol. The Hall–Kier alpha value is -7.36. The lowest BCUT2D eigenvalue weighted by Gasteiger charge is -2.44. The van der Waals surface area contributed by atoms with Gasteiger partial charge in [-0.2, -0.15) is 0 Å². The van der Waals surface area contributed by atoms with E-state index in [1.807, 2.05) is 0 Å².